The lowest BCUT2D eigenvalue weighted by molar-refractivity contribution is 0.161. The molecule has 1 nitrogen and oxygen atoms in total. The molecule has 0 N–H and O–H groups in total. The fourth-order valence-corrected chi connectivity index (χ4v) is 2.35. The molecule has 1 atom stereocenters. The molecule has 0 aliphatic heterocycles. The summed E-state index contributed by atoms with van der Waals surface area (Å²) in [6.45, 7) is 6.87. The van der Waals surface area contributed by atoms with E-state index in [4.69, 9.17) is 4.74 Å². The lowest BCUT2D eigenvalue weighted by Crippen LogP contribution is -2.28. The smallest absolute Gasteiger partial charge is 0.165 e. The van der Waals surface area contributed by atoms with Crippen LogP contribution >= 0.6 is 28.6 Å². The number of benzene rings is 1. The van der Waals surface area contributed by atoms with Gasteiger partial charge in [0.2, 0.25) is 0 Å². The van der Waals surface area contributed by atoms with E-state index >= 15 is 0 Å². The minimum atomic E-state index is -0.333. The Morgan fingerprint density at radius 2 is 2.06 bits per heavy atom. The molecule has 0 bridgehead atoms. The van der Waals surface area contributed by atoms with E-state index in [0.717, 1.165) is 10.2 Å². The van der Waals surface area contributed by atoms with Gasteiger partial charge in [-0.15, -0.1) is 0 Å². The maximum Gasteiger partial charge on any atom is 0.165 e. The predicted molar refractivity (Wildman–Crippen MR) is 76.4 cm³/mol. The number of rotatable bonds is 4. The van der Waals surface area contributed by atoms with Gasteiger partial charge in [-0.1, -0.05) is 36.7 Å². The molecule has 1 aromatic carbocycles. The van der Waals surface area contributed by atoms with Crippen LogP contribution in [0.25, 0.3) is 0 Å². The van der Waals surface area contributed by atoms with Gasteiger partial charge < -0.3 is 4.74 Å². The predicted octanol–water partition coefficient (Wildman–Crippen LogP) is 4.56. The van der Waals surface area contributed by atoms with E-state index in [1.807, 2.05) is 0 Å². The molecule has 4 heteroatoms. The third kappa shape index (κ3) is 4.51. The van der Waals surface area contributed by atoms with Gasteiger partial charge in [-0.3, -0.25) is 0 Å². The van der Waals surface area contributed by atoms with E-state index in [0.29, 0.717) is 6.61 Å². The summed E-state index contributed by atoms with van der Waals surface area (Å²) >= 11 is 7.62. The van der Waals surface area contributed by atoms with Crippen LogP contribution in [0.3, 0.4) is 0 Å². The minimum absolute atomic E-state index is 0.101. The van der Waals surface area contributed by atoms with E-state index in [9.17, 15) is 4.39 Å². The molecule has 0 aromatic heterocycles. The van der Waals surface area contributed by atoms with Crippen LogP contribution in [-0.2, 0) is 0 Å². The van der Waals surface area contributed by atoms with Crippen LogP contribution in [0.5, 0.6) is 5.75 Å². The molecule has 0 amide bonds. The topological polar surface area (TPSA) is 9.23 Å². The third-order valence-electron chi connectivity index (χ3n) is 2.78. The maximum absolute atomic E-state index is 13.5. The first kappa shape index (κ1) is 14.8. The van der Waals surface area contributed by atoms with Crippen LogP contribution in [-0.4, -0.2) is 12.4 Å². The highest BCUT2D eigenvalue weighted by Crippen LogP contribution is 2.29. The average Bonchev–Trinajstić information content (AvgIpc) is 2.22. The summed E-state index contributed by atoms with van der Waals surface area (Å²) in [5.74, 6) is 0.957. The van der Waals surface area contributed by atoms with Gasteiger partial charge in [0, 0.05) is 10.4 Å². The SMILES string of the molecule is CC(C)(C)C(CS)COc1cc(Br)ccc1F. The van der Waals surface area contributed by atoms with Crippen molar-refractivity contribution in [2.24, 2.45) is 11.3 Å². The minimum Gasteiger partial charge on any atom is -0.490 e. The Bertz CT molecular complexity index is 376. The summed E-state index contributed by atoms with van der Waals surface area (Å²) in [6.07, 6.45) is 0. The molecule has 0 fully saturated rings. The molecule has 1 rings (SSSR count). The van der Waals surface area contributed by atoms with E-state index in [1.54, 1.807) is 12.1 Å². The molecule has 0 spiro atoms. The van der Waals surface area contributed by atoms with Crippen molar-refractivity contribution >= 4 is 28.6 Å². The van der Waals surface area contributed by atoms with E-state index in [-0.39, 0.29) is 22.9 Å². The van der Waals surface area contributed by atoms with Crippen molar-refractivity contribution in [2.45, 2.75) is 20.8 Å². The van der Waals surface area contributed by atoms with Gasteiger partial charge in [0.1, 0.15) is 0 Å². The van der Waals surface area contributed by atoms with Gasteiger partial charge >= 0.3 is 0 Å². The molecule has 17 heavy (non-hydrogen) atoms. The van der Waals surface area contributed by atoms with Gasteiger partial charge in [-0.25, -0.2) is 4.39 Å². The van der Waals surface area contributed by atoms with E-state index in [2.05, 4.69) is 49.3 Å². The second-order valence-corrected chi connectivity index (χ2v) is 6.41. The van der Waals surface area contributed by atoms with Crippen molar-refractivity contribution in [3.05, 3.63) is 28.5 Å². The first-order valence-corrected chi connectivity index (χ1v) is 6.96. The van der Waals surface area contributed by atoms with Crippen LogP contribution < -0.4 is 4.74 Å². The maximum atomic E-state index is 13.5. The average molecular weight is 321 g/mol. The lowest BCUT2D eigenvalue weighted by atomic mass is 9.82. The van der Waals surface area contributed by atoms with Crippen LogP contribution in [0.2, 0.25) is 0 Å². The van der Waals surface area contributed by atoms with Gasteiger partial charge in [-0.05, 0) is 29.4 Å². The van der Waals surface area contributed by atoms with Crippen LogP contribution in [0.1, 0.15) is 20.8 Å². The standard InChI is InChI=1S/C13H18BrFOS/c1-13(2,3)9(8-17)7-16-12-6-10(14)4-5-11(12)15/h4-6,9,17H,7-8H2,1-3H3. The zero-order valence-corrected chi connectivity index (χ0v) is 12.8. The molecular formula is C13H18BrFOS. The van der Waals surface area contributed by atoms with Crippen molar-refractivity contribution in [3.8, 4) is 5.75 Å². The molecular weight excluding hydrogens is 303 g/mol. The number of hydrogen-bond donors (Lipinski definition) is 1. The normalized spacial score (nSPS) is 13.5. The van der Waals surface area contributed by atoms with E-state index < -0.39 is 0 Å². The van der Waals surface area contributed by atoms with E-state index in [1.165, 1.54) is 6.07 Å². The quantitative estimate of drug-likeness (QED) is 0.800. The van der Waals surface area contributed by atoms with Crippen LogP contribution in [0, 0.1) is 17.2 Å². The van der Waals surface area contributed by atoms with Crippen molar-refractivity contribution < 1.29 is 9.13 Å². The Labute approximate surface area is 116 Å². The Morgan fingerprint density at radius 1 is 1.41 bits per heavy atom. The van der Waals surface area contributed by atoms with Crippen LogP contribution in [0.4, 0.5) is 4.39 Å². The Balaban J connectivity index is 2.69. The zero-order chi connectivity index (χ0) is 13.1. The first-order valence-electron chi connectivity index (χ1n) is 5.53. The zero-order valence-electron chi connectivity index (χ0n) is 10.3. The number of thiol groups is 1. The van der Waals surface area contributed by atoms with Gasteiger partial charge in [0.05, 0.1) is 6.61 Å². The second-order valence-electron chi connectivity index (χ2n) is 5.13. The summed E-state index contributed by atoms with van der Waals surface area (Å²) < 4.78 is 19.8. The lowest BCUT2D eigenvalue weighted by Gasteiger charge is -2.29. The van der Waals surface area contributed by atoms with Crippen molar-refractivity contribution in [3.63, 3.8) is 0 Å². The second kappa shape index (κ2) is 6.10. The molecule has 0 heterocycles. The summed E-state index contributed by atoms with van der Waals surface area (Å²) in [4.78, 5) is 0. The van der Waals surface area contributed by atoms with Gasteiger partial charge in [0.15, 0.2) is 11.6 Å². The molecule has 0 radical (unpaired) electrons. The number of hydrogen-bond acceptors (Lipinski definition) is 2. The molecule has 0 aliphatic carbocycles. The molecule has 0 aliphatic rings. The summed E-state index contributed by atoms with van der Waals surface area (Å²) in [7, 11) is 0. The summed E-state index contributed by atoms with van der Waals surface area (Å²) in [5, 5.41) is 0. The highest BCUT2D eigenvalue weighted by atomic mass is 79.9. The summed E-state index contributed by atoms with van der Waals surface area (Å²) in [6, 6.07) is 4.70. The largest absolute Gasteiger partial charge is 0.490 e. The van der Waals surface area contributed by atoms with Crippen LogP contribution in [0.15, 0.2) is 22.7 Å². The Kier molecular flexibility index (Phi) is 5.32. The molecule has 1 unspecified atom stereocenters. The fourth-order valence-electron chi connectivity index (χ4n) is 1.35. The Hall–Kier alpha value is -0.220. The van der Waals surface area contributed by atoms with Gasteiger partial charge in [0.25, 0.3) is 0 Å². The van der Waals surface area contributed by atoms with Crippen molar-refractivity contribution in [1.82, 2.24) is 0 Å². The Morgan fingerprint density at radius 3 is 2.59 bits per heavy atom. The fraction of sp³-hybridized carbons (Fsp3) is 0.538. The monoisotopic (exact) mass is 320 g/mol. The molecule has 1 aromatic rings. The highest BCUT2D eigenvalue weighted by Gasteiger charge is 2.24. The van der Waals surface area contributed by atoms with Gasteiger partial charge in [-0.2, -0.15) is 12.6 Å². The first-order chi connectivity index (χ1) is 7.84. The molecule has 0 saturated carbocycles. The summed E-state index contributed by atoms with van der Waals surface area (Å²) in [5.41, 5.74) is 0.101. The molecule has 0 saturated heterocycles. The van der Waals surface area contributed by atoms with Crippen molar-refractivity contribution in [1.29, 1.82) is 0 Å². The highest BCUT2D eigenvalue weighted by molar-refractivity contribution is 9.10. The third-order valence-corrected chi connectivity index (χ3v) is 3.71. The molecule has 96 valence electrons. The number of halogens is 2. The van der Waals surface area contributed by atoms with Crippen molar-refractivity contribution in [2.75, 3.05) is 12.4 Å². The number of ether oxygens (including phenoxy) is 1.